The monoisotopic (exact) mass is 445 g/mol. The summed E-state index contributed by atoms with van der Waals surface area (Å²) in [7, 11) is 1.34. The number of benzene rings is 1. The van der Waals surface area contributed by atoms with Gasteiger partial charge in [-0.3, -0.25) is 4.79 Å². The van der Waals surface area contributed by atoms with Crippen molar-refractivity contribution in [3.05, 3.63) is 52.5 Å². The van der Waals surface area contributed by atoms with E-state index in [-0.39, 0.29) is 22.9 Å². The van der Waals surface area contributed by atoms with Crippen LogP contribution in [0.25, 0.3) is 21.7 Å². The number of carbonyl (C=O) groups excluding carboxylic acids is 1. The Morgan fingerprint density at radius 1 is 1.16 bits per heavy atom. The Hall–Kier alpha value is -3.53. The molecule has 0 spiro atoms. The number of nitrogens with one attached hydrogen (secondary N) is 1. The van der Waals surface area contributed by atoms with Crippen LogP contribution in [0.2, 0.25) is 0 Å². The average Bonchev–Trinajstić information content (AvgIpc) is 3.33. The fourth-order valence-corrected chi connectivity index (χ4v) is 3.94. The molecule has 1 amide bonds. The number of thiophene rings is 1. The van der Waals surface area contributed by atoms with Crippen LogP contribution in [-0.2, 0) is 0 Å². The zero-order valence-corrected chi connectivity index (χ0v) is 17.5. The molecule has 0 bridgehead atoms. The summed E-state index contributed by atoms with van der Waals surface area (Å²) in [6.07, 6.45) is 0. The summed E-state index contributed by atoms with van der Waals surface area (Å²) in [6, 6.07) is 9.76. The average molecular weight is 445 g/mol. The van der Waals surface area contributed by atoms with Crippen LogP contribution in [-0.4, -0.2) is 29.8 Å². The van der Waals surface area contributed by atoms with Crippen LogP contribution in [0.4, 0.5) is 14.5 Å². The molecule has 4 aromatic rings. The van der Waals surface area contributed by atoms with Crippen LogP contribution in [0.1, 0.15) is 20.9 Å². The first-order valence-corrected chi connectivity index (χ1v) is 9.95. The smallest absolute Gasteiger partial charge is 0.387 e. The lowest BCUT2D eigenvalue weighted by Gasteiger charge is -2.12. The quantitative estimate of drug-likeness (QED) is 0.426. The zero-order chi connectivity index (χ0) is 22.1. The molecular weight excluding hydrogens is 428 g/mol. The highest BCUT2D eigenvalue weighted by Crippen LogP contribution is 2.33. The molecule has 0 unspecified atom stereocenters. The molecular formula is C21H17F2N3O4S. The van der Waals surface area contributed by atoms with Crippen molar-refractivity contribution in [2.45, 2.75) is 20.5 Å². The van der Waals surface area contributed by atoms with Gasteiger partial charge in [0.15, 0.2) is 11.5 Å². The van der Waals surface area contributed by atoms with Crippen molar-refractivity contribution in [2.75, 3.05) is 12.4 Å². The van der Waals surface area contributed by atoms with Gasteiger partial charge in [-0.05, 0) is 44.2 Å². The van der Waals surface area contributed by atoms with Gasteiger partial charge >= 0.3 is 6.61 Å². The Morgan fingerprint density at radius 3 is 2.65 bits per heavy atom. The largest absolute Gasteiger partial charge is 0.493 e. The number of hydrogen-bond acceptors (Lipinski definition) is 7. The SMILES string of the molecule is COc1ccc(NC(=O)c2cc(-c3ccc(C)s3)nc3onc(C)c23)cc1OC(F)F. The predicted molar refractivity (Wildman–Crippen MR) is 112 cm³/mol. The van der Waals surface area contributed by atoms with Crippen LogP contribution >= 0.6 is 11.3 Å². The molecule has 0 atom stereocenters. The molecule has 0 fully saturated rings. The summed E-state index contributed by atoms with van der Waals surface area (Å²) in [5.74, 6) is -0.540. The second-order valence-corrected chi connectivity index (χ2v) is 7.90. The molecule has 1 N–H and O–H groups in total. The topological polar surface area (TPSA) is 86.5 Å². The maximum absolute atomic E-state index is 13.1. The third kappa shape index (κ3) is 4.19. The predicted octanol–water partition coefficient (Wildman–Crippen LogP) is 5.43. The van der Waals surface area contributed by atoms with Crippen molar-refractivity contribution < 1.29 is 27.6 Å². The molecule has 160 valence electrons. The number of aromatic nitrogens is 2. The van der Waals surface area contributed by atoms with Gasteiger partial charge in [-0.25, -0.2) is 4.98 Å². The standard InChI is InChI=1S/C21H17F2N3O4S/c1-10-4-7-17(31-10)14-9-13(18-11(2)26-30-20(18)25-14)19(27)24-12-5-6-15(28-3)16(8-12)29-21(22)23/h4-9,21H,1-3H3,(H,24,27). The molecule has 3 heterocycles. The number of amides is 1. The van der Waals surface area contributed by atoms with Crippen LogP contribution in [0.3, 0.4) is 0 Å². The van der Waals surface area contributed by atoms with Gasteiger partial charge in [0.05, 0.1) is 34.3 Å². The van der Waals surface area contributed by atoms with Gasteiger partial charge in [0.1, 0.15) is 0 Å². The third-order valence-electron chi connectivity index (χ3n) is 4.49. The molecule has 0 radical (unpaired) electrons. The van der Waals surface area contributed by atoms with Crippen LogP contribution in [0.5, 0.6) is 11.5 Å². The molecule has 0 aliphatic carbocycles. The summed E-state index contributed by atoms with van der Waals surface area (Å²) in [5, 5.41) is 7.10. The lowest BCUT2D eigenvalue weighted by atomic mass is 10.1. The number of anilines is 1. The Balaban J connectivity index is 1.73. The molecule has 31 heavy (non-hydrogen) atoms. The molecule has 10 heteroatoms. The fraction of sp³-hybridized carbons (Fsp3) is 0.190. The van der Waals surface area contributed by atoms with Crippen molar-refractivity contribution in [1.82, 2.24) is 10.1 Å². The Morgan fingerprint density at radius 2 is 1.97 bits per heavy atom. The van der Waals surface area contributed by atoms with E-state index in [0.29, 0.717) is 22.3 Å². The van der Waals surface area contributed by atoms with E-state index < -0.39 is 12.5 Å². The molecule has 1 aromatic carbocycles. The van der Waals surface area contributed by atoms with Crippen molar-refractivity contribution in [3.63, 3.8) is 0 Å². The number of hydrogen-bond donors (Lipinski definition) is 1. The lowest BCUT2D eigenvalue weighted by Crippen LogP contribution is -2.13. The van der Waals surface area contributed by atoms with E-state index in [9.17, 15) is 13.6 Å². The zero-order valence-electron chi connectivity index (χ0n) is 16.7. The van der Waals surface area contributed by atoms with E-state index in [1.165, 1.54) is 36.6 Å². The van der Waals surface area contributed by atoms with Gasteiger partial charge in [0, 0.05) is 16.6 Å². The van der Waals surface area contributed by atoms with Gasteiger partial charge in [-0.15, -0.1) is 11.3 Å². The molecule has 0 saturated carbocycles. The second-order valence-electron chi connectivity index (χ2n) is 6.61. The molecule has 7 nitrogen and oxygen atoms in total. The highest BCUT2D eigenvalue weighted by molar-refractivity contribution is 7.15. The van der Waals surface area contributed by atoms with Gasteiger partial charge in [-0.2, -0.15) is 8.78 Å². The molecule has 4 rings (SSSR count). The number of carbonyl (C=O) groups is 1. The van der Waals surface area contributed by atoms with Gasteiger partial charge < -0.3 is 19.3 Å². The Kier molecular flexibility index (Phi) is 5.55. The molecule has 3 aromatic heterocycles. The van der Waals surface area contributed by atoms with E-state index in [0.717, 1.165) is 9.75 Å². The highest BCUT2D eigenvalue weighted by Gasteiger charge is 2.21. The number of fused-ring (bicyclic) bond motifs is 1. The van der Waals surface area contributed by atoms with Crippen LogP contribution in [0, 0.1) is 13.8 Å². The molecule has 0 saturated heterocycles. The normalized spacial score (nSPS) is 11.2. The second kappa shape index (κ2) is 8.31. The lowest BCUT2D eigenvalue weighted by molar-refractivity contribution is -0.0511. The van der Waals surface area contributed by atoms with E-state index in [2.05, 4.69) is 20.2 Å². The maximum Gasteiger partial charge on any atom is 0.387 e. The van der Waals surface area contributed by atoms with Gasteiger partial charge in [0.25, 0.3) is 11.6 Å². The number of halogens is 2. The number of aryl methyl sites for hydroxylation is 2. The summed E-state index contributed by atoms with van der Waals surface area (Å²) in [4.78, 5) is 19.6. The fourth-order valence-electron chi connectivity index (χ4n) is 3.11. The van der Waals surface area contributed by atoms with Gasteiger partial charge in [0.2, 0.25) is 0 Å². The number of rotatable bonds is 6. The minimum absolute atomic E-state index is 0.120. The van der Waals surface area contributed by atoms with Crippen LogP contribution in [0.15, 0.2) is 40.9 Å². The number of ether oxygens (including phenoxy) is 2. The number of alkyl halides is 2. The molecule has 0 aliphatic rings. The maximum atomic E-state index is 13.1. The summed E-state index contributed by atoms with van der Waals surface area (Å²) >= 11 is 1.53. The summed E-state index contributed by atoms with van der Waals surface area (Å²) < 4.78 is 40.2. The number of methoxy groups -OCH3 is 1. The number of pyridine rings is 1. The summed E-state index contributed by atoms with van der Waals surface area (Å²) in [6.45, 7) is 0.652. The third-order valence-corrected chi connectivity index (χ3v) is 5.52. The first-order chi connectivity index (χ1) is 14.9. The summed E-state index contributed by atoms with van der Waals surface area (Å²) in [5.41, 5.74) is 1.88. The van der Waals surface area contributed by atoms with Gasteiger partial charge in [-0.1, -0.05) is 5.16 Å². The minimum atomic E-state index is -3.03. The Labute approximate surface area is 179 Å². The first-order valence-electron chi connectivity index (χ1n) is 9.13. The van der Waals surface area contributed by atoms with E-state index in [1.807, 2.05) is 19.1 Å². The van der Waals surface area contributed by atoms with Crippen molar-refractivity contribution >= 4 is 34.0 Å². The highest BCUT2D eigenvalue weighted by atomic mass is 32.1. The first kappa shape index (κ1) is 20.7. The van der Waals surface area contributed by atoms with Crippen molar-refractivity contribution in [2.24, 2.45) is 0 Å². The molecule has 0 aliphatic heterocycles. The van der Waals surface area contributed by atoms with E-state index >= 15 is 0 Å². The minimum Gasteiger partial charge on any atom is -0.493 e. The van der Waals surface area contributed by atoms with Crippen LogP contribution < -0.4 is 14.8 Å². The number of nitrogens with zero attached hydrogens (tertiary/aromatic N) is 2. The Bertz CT molecular complexity index is 1270. The van der Waals surface area contributed by atoms with Crippen molar-refractivity contribution in [1.29, 1.82) is 0 Å². The van der Waals surface area contributed by atoms with Crippen molar-refractivity contribution in [3.8, 4) is 22.1 Å². The van der Waals surface area contributed by atoms with E-state index in [4.69, 9.17) is 9.26 Å². The van der Waals surface area contributed by atoms with E-state index in [1.54, 1.807) is 13.0 Å².